The number of nitrogens with zero attached hydrogens (tertiary/aromatic N) is 1. The normalized spacial score (nSPS) is 16.8. The smallest absolute Gasteiger partial charge is 0.226 e. The molecule has 1 N–H and O–H groups in total. The summed E-state index contributed by atoms with van der Waals surface area (Å²) in [6.45, 7) is 6.17. The van der Waals surface area contributed by atoms with Crippen LogP contribution in [0.3, 0.4) is 0 Å². The number of aromatic amines is 1. The zero-order valence-corrected chi connectivity index (χ0v) is 12.3. The highest BCUT2D eigenvalue weighted by molar-refractivity contribution is 5.84. The van der Waals surface area contributed by atoms with Crippen molar-refractivity contribution in [3.63, 3.8) is 0 Å². The Hall–Kier alpha value is -1.77. The molecule has 0 spiro atoms. The van der Waals surface area contributed by atoms with Gasteiger partial charge in [0, 0.05) is 24.3 Å². The van der Waals surface area contributed by atoms with Gasteiger partial charge in [-0.25, -0.2) is 0 Å². The summed E-state index contributed by atoms with van der Waals surface area (Å²) in [5.74, 6) is 1.03. The SMILES string of the molecule is Cc1cc2cc(CC(=O)N3CCC(C)CC3)ccc2[nH]1. The molecule has 1 aliphatic rings. The van der Waals surface area contributed by atoms with Crippen molar-refractivity contribution in [1.82, 2.24) is 9.88 Å². The van der Waals surface area contributed by atoms with E-state index in [2.05, 4.69) is 43.1 Å². The van der Waals surface area contributed by atoms with Crippen molar-refractivity contribution in [2.75, 3.05) is 13.1 Å². The van der Waals surface area contributed by atoms with Gasteiger partial charge in [-0.05, 0) is 54.8 Å². The quantitative estimate of drug-likeness (QED) is 0.893. The molecule has 1 aliphatic heterocycles. The van der Waals surface area contributed by atoms with Crippen LogP contribution in [0.4, 0.5) is 0 Å². The second-order valence-electron chi connectivity index (χ2n) is 6.11. The molecular weight excluding hydrogens is 248 g/mol. The van der Waals surface area contributed by atoms with Crippen molar-refractivity contribution >= 4 is 16.8 Å². The lowest BCUT2D eigenvalue weighted by molar-refractivity contribution is -0.131. The van der Waals surface area contributed by atoms with Crippen molar-refractivity contribution in [3.8, 4) is 0 Å². The average Bonchev–Trinajstić information content (AvgIpc) is 2.78. The summed E-state index contributed by atoms with van der Waals surface area (Å²) < 4.78 is 0. The van der Waals surface area contributed by atoms with Crippen LogP contribution in [0, 0.1) is 12.8 Å². The van der Waals surface area contributed by atoms with Crippen LogP contribution < -0.4 is 0 Å². The molecule has 1 fully saturated rings. The van der Waals surface area contributed by atoms with Crippen molar-refractivity contribution in [2.45, 2.75) is 33.1 Å². The third-order valence-corrected chi connectivity index (χ3v) is 4.31. The fourth-order valence-corrected chi connectivity index (χ4v) is 2.98. The number of aryl methyl sites for hydroxylation is 1. The largest absolute Gasteiger partial charge is 0.359 e. The zero-order valence-electron chi connectivity index (χ0n) is 12.3. The predicted molar refractivity (Wildman–Crippen MR) is 81.7 cm³/mol. The number of rotatable bonds is 2. The lowest BCUT2D eigenvalue weighted by Crippen LogP contribution is -2.38. The van der Waals surface area contributed by atoms with Crippen molar-refractivity contribution < 1.29 is 4.79 Å². The van der Waals surface area contributed by atoms with E-state index >= 15 is 0 Å². The second-order valence-corrected chi connectivity index (χ2v) is 6.11. The molecule has 2 aromatic rings. The Morgan fingerprint density at radius 1 is 1.30 bits per heavy atom. The minimum atomic E-state index is 0.267. The lowest BCUT2D eigenvalue weighted by atomic mass is 9.98. The van der Waals surface area contributed by atoms with Crippen molar-refractivity contribution in [3.05, 3.63) is 35.5 Å². The van der Waals surface area contributed by atoms with Gasteiger partial charge in [0.25, 0.3) is 0 Å². The minimum absolute atomic E-state index is 0.267. The Bertz CT molecular complexity index is 621. The van der Waals surface area contributed by atoms with Crippen LogP contribution in [0.15, 0.2) is 24.3 Å². The fourth-order valence-electron chi connectivity index (χ4n) is 2.98. The van der Waals surface area contributed by atoms with Crippen LogP contribution in [0.1, 0.15) is 31.0 Å². The summed E-state index contributed by atoms with van der Waals surface area (Å²) in [6.07, 6.45) is 2.80. The van der Waals surface area contributed by atoms with Gasteiger partial charge in [0.05, 0.1) is 6.42 Å². The van der Waals surface area contributed by atoms with Gasteiger partial charge in [0.2, 0.25) is 5.91 Å². The van der Waals surface area contributed by atoms with Gasteiger partial charge in [-0.1, -0.05) is 13.0 Å². The number of hydrogen-bond acceptors (Lipinski definition) is 1. The van der Waals surface area contributed by atoms with E-state index in [0.717, 1.165) is 48.6 Å². The minimum Gasteiger partial charge on any atom is -0.359 e. The highest BCUT2D eigenvalue weighted by atomic mass is 16.2. The second kappa shape index (κ2) is 5.31. The van der Waals surface area contributed by atoms with E-state index in [1.165, 1.54) is 5.39 Å². The maximum atomic E-state index is 12.3. The molecule has 0 atom stereocenters. The standard InChI is InChI=1S/C17H22N2O/c1-12-5-7-19(8-6-12)17(20)11-14-3-4-16-15(10-14)9-13(2)18-16/h3-4,9-10,12,18H,5-8,11H2,1-2H3. The summed E-state index contributed by atoms with van der Waals surface area (Å²) in [5.41, 5.74) is 3.42. The first-order valence-corrected chi connectivity index (χ1v) is 7.48. The van der Waals surface area contributed by atoms with E-state index in [4.69, 9.17) is 0 Å². The molecule has 3 rings (SSSR count). The number of piperidine rings is 1. The molecule has 0 unspecified atom stereocenters. The van der Waals surface area contributed by atoms with Gasteiger partial charge in [-0.3, -0.25) is 4.79 Å². The fraction of sp³-hybridized carbons (Fsp3) is 0.471. The number of carbonyl (C=O) groups is 1. The number of aromatic nitrogens is 1. The maximum absolute atomic E-state index is 12.3. The van der Waals surface area contributed by atoms with Crippen molar-refractivity contribution in [1.29, 1.82) is 0 Å². The molecule has 0 bridgehead atoms. The van der Waals surface area contributed by atoms with Gasteiger partial charge < -0.3 is 9.88 Å². The average molecular weight is 270 g/mol. The molecule has 3 heteroatoms. The maximum Gasteiger partial charge on any atom is 0.226 e. The first kappa shape index (κ1) is 13.2. The van der Waals surface area contributed by atoms with E-state index in [1.807, 2.05) is 4.90 Å². The van der Waals surface area contributed by atoms with Crippen molar-refractivity contribution in [2.24, 2.45) is 5.92 Å². The third kappa shape index (κ3) is 2.72. The monoisotopic (exact) mass is 270 g/mol. The zero-order chi connectivity index (χ0) is 14.1. The Morgan fingerprint density at radius 2 is 2.05 bits per heavy atom. The molecule has 0 aliphatic carbocycles. The molecule has 1 saturated heterocycles. The van der Waals surface area contributed by atoms with Gasteiger partial charge in [0.15, 0.2) is 0 Å². The summed E-state index contributed by atoms with van der Waals surface area (Å²) >= 11 is 0. The Morgan fingerprint density at radius 3 is 2.80 bits per heavy atom. The van der Waals surface area contributed by atoms with Crippen LogP contribution in [0.5, 0.6) is 0 Å². The van der Waals surface area contributed by atoms with E-state index in [-0.39, 0.29) is 5.91 Å². The number of amides is 1. The number of fused-ring (bicyclic) bond motifs is 1. The summed E-state index contributed by atoms with van der Waals surface area (Å²) in [6, 6.07) is 8.39. The topological polar surface area (TPSA) is 36.1 Å². The molecule has 1 amide bonds. The molecule has 1 aromatic carbocycles. The molecule has 0 saturated carbocycles. The highest BCUT2D eigenvalue weighted by Crippen LogP contribution is 2.19. The molecule has 106 valence electrons. The Labute approximate surface area is 120 Å². The van der Waals surface area contributed by atoms with E-state index < -0.39 is 0 Å². The number of nitrogens with one attached hydrogen (secondary N) is 1. The van der Waals surface area contributed by atoms with Gasteiger partial charge >= 0.3 is 0 Å². The summed E-state index contributed by atoms with van der Waals surface area (Å²) in [5, 5.41) is 1.19. The predicted octanol–water partition coefficient (Wildman–Crippen LogP) is 3.28. The number of H-pyrrole nitrogens is 1. The lowest BCUT2D eigenvalue weighted by Gasteiger charge is -2.30. The number of hydrogen-bond donors (Lipinski definition) is 1. The highest BCUT2D eigenvalue weighted by Gasteiger charge is 2.20. The van der Waals surface area contributed by atoms with Crippen LogP contribution >= 0.6 is 0 Å². The van der Waals surface area contributed by atoms with Crippen LogP contribution in [0.25, 0.3) is 10.9 Å². The number of benzene rings is 1. The van der Waals surface area contributed by atoms with Crippen LogP contribution in [-0.2, 0) is 11.2 Å². The Balaban J connectivity index is 1.70. The molecule has 2 heterocycles. The number of likely N-dealkylation sites (tertiary alicyclic amines) is 1. The van der Waals surface area contributed by atoms with Gasteiger partial charge in [-0.15, -0.1) is 0 Å². The Kier molecular flexibility index (Phi) is 3.51. The molecule has 3 nitrogen and oxygen atoms in total. The third-order valence-electron chi connectivity index (χ3n) is 4.31. The summed E-state index contributed by atoms with van der Waals surface area (Å²) in [4.78, 5) is 17.7. The van der Waals surface area contributed by atoms with Gasteiger partial charge in [-0.2, -0.15) is 0 Å². The van der Waals surface area contributed by atoms with E-state index in [1.54, 1.807) is 0 Å². The summed E-state index contributed by atoms with van der Waals surface area (Å²) in [7, 11) is 0. The van der Waals surface area contributed by atoms with Crippen LogP contribution in [-0.4, -0.2) is 28.9 Å². The molecule has 0 radical (unpaired) electrons. The molecule has 1 aromatic heterocycles. The molecule has 20 heavy (non-hydrogen) atoms. The first-order chi connectivity index (χ1) is 9.61. The first-order valence-electron chi connectivity index (χ1n) is 7.48. The molecular formula is C17H22N2O. The van der Waals surface area contributed by atoms with E-state index in [0.29, 0.717) is 6.42 Å². The van der Waals surface area contributed by atoms with E-state index in [9.17, 15) is 4.79 Å². The van der Waals surface area contributed by atoms with Gasteiger partial charge in [0.1, 0.15) is 0 Å². The van der Waals surface area contributed by atoms with Crippen LogP contribution in [0.2, 0.25) is 0 Å². The number of carbonyl (C=O) groups excluding carboxylic acids is 1.